The Morgan fingerprint density at radius 2 is 2.05 bits per heavy atom. The van der Waals surface area contributed by atoms with Crippen LogP contribution in [0.15, 0.2) is 41.6 Å². The predicted molar refractivity (Wildman–Crippen MR) is 84.5 cm³/mol. The Kier molecular flexibility index (Phi) is 6.03. The van der Waals surface area contributed by atoms with Gasteiger partial charge in [0.1, 0.15) is 5.84 Å². The molecule has 3 nitrogen and oxygen atoms in total. The SMILES string of the molecule is C=C/C(C)=C(\C=C)N=C(C1CCCN1CC)N(C)C. The first-order chi connectivity index (χ1) is 9.04. The molecule has 3 heteroatoms. The summed E-state index contributed by atoms with van der Waals surface area (Å²) in [6, 6.07) is 0.424. The Morgan fingerprint density at radius 1 is 1.37 bits per heavy atom. The van der Waals surface area contributed by atoms with Gasteiger partial charge in [-0.15, -0.1) is 0 Å². The zero-order chi connectivity index (χ0) is 14.4. The van der Waals surface area contributed by atoms with E-state index in [9.17, 15) is 0 Å². The first kappa shape index (κ1) is 15.7. The van der Waals surface area contributed by atoms with Crippen LogP contribution in [0.2, 0.25) is 0 Å². The minimum atomic E-state index is 0.424. The zero-order valence-electron chi connectivity index (χ0n) is 12.8. The minimum Gasteiger partial charge on any atom is -0.365 e. The summed E-state index contributed by atoms with van der Waals surface area (Å²) in [4.78, 5) is 9.45. The molecule has 1 rings (SSSR count). The van der Waals surface area contributed by atoms with Crippen LogP contribution < -0.4 is 0 Å². The smallest absolute Gasteiger partial charge is 0.122 e. The number of allylic oxidation sites excluding steroid dienone is 3. The molecule has 0 aromatic rings. The van der Waals surface area contributed by atoms with Gasteiger partial charge in [-0.1, -0.05) is 26.2 Å². The van der Waals surface area contributed by atoms with Crippen molar-refractivity contribution in [3.05, 3.63) is 36.6 Å². The maximum atomic E-state index is 4.84. The first-order valence-corrected chi connectivity index (χ1v) is 7.00. The van der Waals surface area contributed by atoms with E-state index in [-0.39, 0.29) is 0 Å². The van der Waals surface area contributed by atoms with E-state index in [1.54, 1.807) is 0 Å². The van der Waals surface area contributed by atoms with Gasteiger partial charge in [0.2, 0.25) is 0 Å². The summed E-state index contributed by atoms with van der Waals surface area (Å²) in [7, 11) is 4.13. The highest BCUT2D eigenvalue weighted by atomic mass is 15.3. The van der Waals surface area contributed by atoms with Crippen molar-refractivity contribution in [3.8, 4) is 0 Å². The van der Waals surface area contributed by atoms with Gasteiger partial charge in [0.25, 0.3) is 0 Å². The topological polar surface area (TPSA) is 18.8 Å². The maximum Gasteiger partial charge on any atom is 0.122 e. The third-order valence-corrected chi connectivity index (χ3v) is 3.66. The summed E-state index contributed by atoms with van der Waals surface area (Å²) >= 11 is 0. The van der Waals surface area contributed by atoms with E-state index in [1.165, 1.54) is 19.4 Å². The summed E-state index contributed by atoms with van der Waals surface area (Å²) in [6.45, 7) is 14.2. The van der Waals surface area contributed by atoms with Crippen molar-refractivity contribution in [1.82, 2.24) is 9.80 Å². The number of nitrogens with zero attached hydrogens (tertiary/aromatic N) is 3. The summed E-state index contributed by atoms with van der Waals surface area (Å²) in [6.07, 6.45) is 6.08. The number of rotatable bonds is 5. The fraction of sp³-hybridized carbons (Fsp3) is 0.562. The van der Waals surface area contributed by atoms with Crippen molar-refractivity contribution >= 4 is 5.84 Å². The fourth-order valence-electron chi connectivity index (χ4n) is 2.49. The average molecular weight is 261 g/mol. The molecule has 1 aliphatic rings. The van der Waals surface area contributed by atoms with Crippen molar-refractivity contribution in [2.45, 2.75) is 32.7 Å². The molecule has 0 aromatic carbocycles. The molecular weight excluding hydrogens is 234 g/mol. The van der Waals surface area contributed by atoms with Gasteiger partial charge in [-0.05, 0) is 44.5 Å². The predicted octanol–water partition coefficient (Wildman–Crippen LogP) is 3.08. The van der Waals surface area contributed by atoms with Crippen LogP contribution in [0.1, 0.15) is 26.7 Å². The van der Waals surface area contributed by atoms with Crippen molar-refractivity contribution in [1.29, 1.82) is 0 Å². The molecule has 0 amide bonds. The molecule has 0 aromatic heterocycles. The van der Waals surface area contributed by atoms with Gasteiger partial charge in [-0.3, -0.25) is 4.90 Å². The van der Waals surface area contributed by atoms with Gasteiger partial charge in [-0.25, -0.2) is 4.99 Å². The summed E-state index contributed by atoms with van der Waals surface area (Å²) in [5.74, 6) is 1.12. The molecule has 1 atom stereocenters. The normalized spacial score (nSPS) is 22.1. The molecule has 0 spiro atoms. The molecule has 0 bridgehead atoms. The molecule has 19 heavy (non-hydrogen) atoms. The van der Waals surface area contributed by atoms with E-state index in [1.807, 2.05) is 19.1 Å². The van der Waals surface area contributed by atoms with E-state index >= 15 is 0 Å². The van der Waals surface area contributed by atoms with Crippen LogP contribution in [0.3, 0.4) is 0 Å². The van der Waals surface area contributed by atoms with Gasteiger partial charge >= 0.3 is 0 Å². The number of amidine groups is 1. The Hall–Kier alpha value is -1.35. The first-order valence-electron chi connectivity index (χ1n) is 7.00. The standard InChI is InChI=1S/C16H27N3/c1-7-13(4)14(8-2)17-16(18(5)6)15-11-10-12-19(15)9-3/h7-8,15H,1-2,9-12H2,3-6H3/b14-13+,17-16?. The Labute approximate surface area is 118 Å². The number of hydrogen-bond donors (Lipinski definition) is 0. The number of hydrogen-bond acceptors (Lipinski definition) is 2. The molecule has 1 saturated heterocycles. The molecule has 0 N–H and O–H groups in total. The molecule has 1 heterocycles. The highest BCUT2D eigenvalue weighted by Gasteiger charge is 2.28. The largest absolute Gasteiger partial charge is 0.365 e. The van der Waals surface area contributed by atoms with Crippen molar-refractivity contribution in [3.63, 3.8) is 0 Å². The summed E-state index contributed by atoms with van der Waals surface area (Å²) < 4.78 is 0. The van der Waals surface area contributed by atoms with Crippen LogP contribution in [-0.4, -0.2) is 48.9 Å². The Bertz CT molecular complexity index is 391. The van der Waals surface area contributed by atoms with Crippen molar-refractivity contribution in [2.24, 2.45) is 4.99 Å². The second-order valence-corrected chi connectivity index (χ2v) is 5.13. The maximum absolute atomic E-state index is 4.84. The van der Waals surface area contributed by atoms with Crippen LogP contribution >= 0.6 is 0 Å². The number of likely N-dealkylation sites (tertiary alicyclic amines) is 1. The fourth-order valence-corrected chi connectivity index (χ4v) is 2.49. The van der Waals surface area contributed by atoms with Gasteiger partial charge in [0.15, 0.2) is 0 Å². The highest BCUT2D eigenvalue weighted by Crippen LogP contribution is 2.21. The lowest BCUT2D eigenvalue weighted by Gasteiger charge is -2.28. The lowest BCUT2D eigenvalue weighted by molar-refractivity contribution is 0.306. The van der Waals surface area contributed by atoms with E-state index in [2.05, 4.69) is 44.0 Å². The quantitative estimate of drug-likeness (QED) is 0.430. The Balaban J connectivity index is 3.13. The second kappa shape index (κ2) is 7.29. The van der Waals surface area contributed by atoms with Crippen molar-refractivity contribution in [2.75, 3.05) is 27.2 Å². The van der Waals surface area contributed by atoms with Gasteiger partial charge in [0.05, 0.1) is 11.7 Å². The molecule has 1 fully saturated rings. The lowest BCUT2D eigenvalue weighted by atomic mass is 10.1. The van der Waals surface area contributed by atoms with Crippen LogP contribution in [0, 0.1) is 0 Å². The summed E-state index contributed by atoms with van der Waals surface area (Å²) in [5.41, 5.74) is 1.98. The number of aliphatic imine (C=N–C) groups is 1. The molecule has 1 unspecified atom stereocenters. The van der Waals surface area contributed by atoms with Crippen molar-refractivity contribution < 1.29 is 0 Å². The van der Waals surface area contributed by atoms with Crippen LogP contribution in [0.5, 0.6) is 0 Å². The Morgan fingerprint density at radius 3 is 2.53 bits per heavy atom. The zero-order valence-corrected chi connectivity index (χ0v) is 12.8. The molecular formula is C16H27N3. The third-order valence-electron chi connectivity index (χ3n) is 3.66. The van der Waals surface area contributed by atoms with Crippen LogP contribution in [0.4, 0.5) is 0 Å². The number of likely N-dealkylation sites (N-methyl/N-ethyl adjacent to an activating group) is 2. The average Bonchev–Trinajstić information content (AvgIpc) is 2.86. The van der Waals surface area contributed by atoms with Gasteiger partial charge < -0.3 is 4.90 Å². The monoisotopic (exact) mass is 261 g/mol. The van der Waals surface area contributed by atoms with E-state index in [4.69, 9.17) is 4.99 Å². The van der Waals surface area contributed by atoms with E-state index in [0.717, 1.165) is 23.7 Å². The third kappa shape index (κ3) is 3.80. The van der Waals surface area contributed by atoms with E-state index in [0.29, 0.717) is 6.04 Å². The van der Waals surface area contributed by atoms with Crippen LogP contribution in [-0.2, 0) is 0 Å². The minimum absolute atomic E-state index is 0.424. The molecule has 0 aliphatic carbocycles. The lowest BCUT2D eigenvalue weighted by Crippen LogP contribution is -2.42. The molecule has 1 aliphatic heterocycles. The second-order valence-electron chi connectivity index (χ2n) is 5.13. The van der Waals surface area contributed by atoms with Gasteiger partial charge in [-0.2, -0.15) is 0 Å². The summed E-state index contributed by atoms with van der Waals surface area (Å²) in [5, 5.41) is 0. The molecule has 106 valence electrons. The molecule has 0 saturated carbocycles. The van der Waals surface area contributed by atoms with E-state index < -0.39 is 0 Å². The van der Waals surface area contributed by atoms with Gasteiger partial charge in [0, 0.05) is 14.1 Å². The van der Waals surface area contributed by atoms with Crippen LogP contribution in [0.25, 0.3) is 0 Å². The molecule has 0 radical (unpaired) electrons. The highest BCUT2D eigenvalue weighted by molar-refractivity contribution is 5.88.